The van der Waals surface area contributed by atoms with Crippen molar-refractivity contribution >= 4 is 11.7 Å². The molecule has 0 bridgehead atoms. The number of anilines is 1. The van der Waals surface area contributed by atoms with Crippen molar-refractivity contribution in [1.29, 1.82) is 0 Å². The average Bonchev–Trinajstić information content (AvgIpc) is 2.85. The molecule has 0 atom stereocenters. The highest BCUT2D eigenvalue weighted by Crippen LogP contribution is 2.02. The molecule has 2 heterocycles. The molecule has 0 saturated heterocycles. The molecule has 0 aromatic carbocycles. The second-order valence-electron chi connectivity index (χ2n) is 4.27. The van der Waals surface area contributed by atoms with Crippen molar-refractivity contribution in [2.24, 2.45) is 7.05 Å². The van der Waals surface area contributed by atoms with Crippen LogP contribution in [0.15, 0.2) is 24.7 Å². The Balaban J connectivity index is 1.88. The summed E-state index contributed by atoms with van der Waals surface area (Å²) >= 11 is 0. The molecule has 7 nitrogen and oxygen atoms in total. The number of hydrogen-bond acceptors (Lipinski definition) is 5. The molecule has 106 valence electrons. The molecular formula is C13H18N6O. The fraction of sp³-hybridized carbons (Fsp3) is 0.385. The van der Waals surface area contributed by atoms with Crippen molar-refractivity contribution in [2.45, 2.75) is 13.3 Å². The molecule has 1 amide bonds. The number of carbonyl (C=O) groups excluding carboxylic acids is 1. The van der Waals surface area contributed by atoms with E-state index in [0.717, 1.165) is 18.7 Å². The second kappa shape index (κ2) is 6.65. The Morgan fingerprint density at radius 1 is 1.40 bits per heavy atom. The van der Waals surface area contributed by atoms with Crippen LogP contribution in [0.2, 0.25) is 0 Å². The van der Waals surface area contributed by atoms with Gasteiger partial charge in [-0.2, -0.15) is 5.10 Å². The van der Waals surface area contributed by atoms with E-state index in [9.17, 15) is 4.79 Å². The quantitative estimate of drug-likeness (QED) is 0.806. The molecular weight excluding hydrogens is 256 g/mol. The third-order valence-electron chi connectivity index (χ3n) is 2.81. The zero-order valence-corrected chi connectivity index (χ0v) is 11.6. The molecule has 0 saturated carbocycles. The van der Waals surface area contributed by atoms with Crippen molar-refractivity contribution in [3.8, 4) is 0 Å². The lowest BCUT2D eigenvalue weighted by Gasteiger charge is -2.06. The summed E-state index contributed by atoms with van der Waals surface area (Å²) in [5.74, 6) is 0.381. The van der Waals surface area contributed by atoms with Gasteiger partial charge in [0.25, 0.3) is 5.91 Å². The van der Waals surface area contributed by atoms with Gasteiger partial charge in [-0.1, -0.05) is 0 Å². The van der Waals surface area contributed by atoms with E-state index in [1.165, 1.54) is 6.20 Å². The Morgan fingerprint density at radius 2 is 2.25 bits per heavy atom. The summed E-state index contributed by atoms with van der Waals surface area (Å²) in [6, 6.07) is 1.93. The van der Waals surface area contributed by atoms with E-state index in [2.05, 4.69) is 25.7 Å². The molecule has 2 N–H and O–H groups in total. The molecule has 2 rings (SSSR count). The summed E-state index contributed by atoms with van der Waals surface area (Å²) in [5.41, 5.74) is 1.38. The number of amides is 1. The van der Waals surface area contributed by atoms with Gasteiger partial charge in [-0.25, -0.2) is 4.98 Å². The van der Waals surface area contributed by atoms with Crippen LogP contribution in [0, 0.1) is 0 Å². The molecule has 0 radical (unpaired) electrons. The van der Waals surface area contributed by atoms with Crippen LogP contribution in [0.5, 0.6) is 0 Å². The minimum atomic E-state index is -0.223. The van der Waals surface area contributed by atoms with Gasteiger partial charge in [-0.15, -0.1) is 0 Å². The minimum Gasteiger partial charge on any atom is -0.369 e. The van der Waals surface area contributed by atoms with Gasteiger partial charge in [0.05, 0.1) is 12.4 Å². The normalized spacial score (nSPS) is 10.3. The van der Waals surface area contributed by atoms with Gasteiger partial charge in [-0.3, -0.25) is 14.5 Å². The number of hydrogen-bond donors (Lipinski definition) is 2. The Bertz CT molecular complexity index is 580. The zero-order chi connectivity index (χ0) is 14.4. The molecule has 0 aliphatic carbocycles. The van der Waals surface area contributed by atoms with Gasteiger partial charge in [0, 0.05) is 38.4 Å². The molecule has 2 aromatic heterocycles. The predicted octanol–water partition coefficient (Wildman–Crippen LogP) is 0.614. The predicted molar refractivity (Wildman–Crippen MR) is 75.4 cm³/mol. The van der Waals surface area contributed by atoms with Crippen LogP contribution in [0.3, 0.4) is 0 Å². The highest BCUT2D eigenvalue weighted by Gasteiger charge is 2.08. The van der Waals surface area contributed by atoms with E-state index >= 15 is 0 Å². The summed E-state index contributed by atoms with van der Waals surface area (Å²) in [6.07, 6.45) is 5.52. The highest BCUT2D eigenvalue weighted by molar-refractivity contribution is 5.92. The lowest BCUT2D eigenvalue weighted by atomic mass is 10.3. The van der Waals surface area contributed by atoms with Crippen LogP contribution in [0.25, 0.3) is 0 Å². The monoisotopic (exact) mass is 274 g/mol. The number of nitrogens with zero attached hydrogens (tertiary/aromatic N) is 4. The number of aryl methyl sites for hydroxylation is 1. The summed E-state index contributed by atoms with van der Waals surface area (Å²) in [4.78, 5) is 20.1. The van der Waals surface area contributed by atoms with Gasteiger partial charge in [-0.05, 0) is 13.0 Å². The van der Waals surface area contributed by atoms with Gasteiger partial charge in [0.2, 0.25) is 0 Å². The Morgan fingerprint density at radius 3 is 2.95 bits per heavy atom. The lowest BCUT2D eigenvalue weighted by molar-refractivity contribution is 0.0948. The van der Waals surface area contributed by atoms with Crippen LogP contribution < -0.4 is 10.6 Å². The molecule has 0 fully saturated rings. The molecule has 7 heteroatoms. The van der Waals surface area contributed by atoms with E-state index in [1.807, 2.05) is 20.0 Å². The fourth-order valence-electron chi connectivity index (χ4n) is 1.78. The first-order valence-corrected chi connectivity index (χ1v) is 6.51. The smallest absolute Gasteiger partial charge is 0.271 e. The highest BCUT2D eigenvalue weighted by atomic mass is 16.1. The number of carbonyl (C=O) groups is 1. The lowest BCUT2D eigenvalue weighted by Crippen LogP contribution is -2.27. The van der Waals surface area contributed by atoms with E-state index in [1.54, 1.807) is 17.1 Å². The maximum atomic E-state index is 12.0. The Kier molecular flexibility index (Phi) is 4.65. The van der Waals surface area contributed by atoms with Crippen molar-refractivity contribution in [2.75, 3.05) is 18.4 Å². The molecule has 0 aliphatic heterocycles. The molecule has 0 spiro atoms. The first kappa shape index (κ1) is 14.0. The standard InChI is InChI=1S/C13H18N6O/c1-3-15-12-9-14-8-11(18-12)13(20)16-6-4-10-5-7-17-19(10)2/h5,7-9H,3-4,6H2,1-2H3,(H,15,18)(H,16,20). The largest absolute Gasteiger partial charge is 0.369 e. The summed E-state index contributed by atoms with van der Waals surface area (Å²) in [5, 5.41) is 9.92. The van der Waals surface area contributed by atoms with Crippen molar-refractivity contribution in [3.63, 3.8) is 0 Å². The van der Waals surface area contributed by atoms with Gasteiger partial charge in [0.15, 0.2) is 0 Å². The van der Waals surface area contributed by atoms with Crippen molar-refractivity contribution < 1.29 is 4.79 Å². The average molecular weight is 274 g/mol. The maximum absolute atomic E-state index is 12.0. The van der Waals surface area contributed by atoms with Crippen LogP contribution in [-0.4, -0.2) is 38.7 Å². The number of rotatable bonds is 6. The van der Waals surface area contributed by atoms with Crippen LogP contribution in [0.4, 0.5) is 5.82 Å². The van der Waals surface area contributed by atoms with Crippen LogP contribution in [-0.2, 0) is 13.5 Å². The first-order valence-electron chi connectivity index (χ1n) is 6.51. The van der Waals surface area contributed by atoms with E-state index in [0.29, 0.717) is 18.1 Å². The summed E-state index contributed by atoms with van der Waals surface area (Å²) < 4.78 is 1.79. The molecule has 20 heavy (non-hydrogen) atoms. The molecule has 0 unspecified atom stereocenters. The Labute approximate surface area is 117 Å². The maximum Gasteiger partial charge on any atom is 0.271 e. The zero-order valence-electron chi connectivity index (χ0n) is 11.6. The van der Waals surface area contributed by atoms with Gasteiger partial charge in [0.1, 0.15) is 11.5 Å². The third kappa shape index (κ3) is 3.53. The van der Waals surface area contributed by atoms with E-state index in [-0.39, 0.29) is 5.91 Å². The second-order valence-corrected chi connectivity index (χ2v) is 4.27. The first-order chi connectivity index (χ1) is 9.70. The third-order valence-corrected chi connectivity index (χ3v) is 2.81. The Hall–Kier alpha value is -2.44. The van der Waals surface area contributed by atoms with Crippen molar-refractivity contribution in [1.82, 2.24) is 25.1 Å². The topological polar surface area (TPSA) is 84.7 Å². The summed E-state index contributed by atoms with van der Waals surface area (Å²) in [7, 11) is 1.88. The van der Waals surface area contributed by atoms with Gasteiger partial charge < -0.3 is 10.6 Å². The minimum absolute atomic E-state index is 0.223. The summed E-state index contributed by atoms with van der Waals surface area (Å²) in [6.45, 7) is 3.23. The fourth-order valence-corrected chi connectivity index (χ4v) is 1.78. The van der Waals surface area contributed by atoms with Crippen LogP contribution >= 0.6 is 0 Å². The van der Waals surface area contributed by atoms with Crippen molar-refractivity contribution in [3.05, 3.63) is 36.0 Å². The SMILES string of the molecule is CCNc1cncc(C(=O)NCCc2ccnn2C)n1. The van der Waals surface area contributed by atoms with E-state index in [4.69, 9.17) is 0 Å². The van der Waals surface area contributed by atoms with E-state index < -0.39 is 0 Å². The number of aromatic nitrogens is 4. The van der Waals surface area contributed by atoms with Crippen LogP contribution in [0.1, 0.15) is 23.1 Å². The molecule has 0 aliphatic rings. The molecule has 2 aromatic rings. The number of nitrogens with one attached hydrogen (secondary N) is 2. The van der Waals surface area contributed by atoms with Gasteiger partial charge >= 0.3 is 0 Å².